The Bertz CT molecular complexity index is 623. The third-order valence-corrected chi connectivity index (χ3v) is 3.99. The molecule has 0 saturated carbocycles. The zero-order valence-electron chi connectivity index (χ0n) is 13.0. The number of benzene rings is 1. The molecular formula is C19H21FO2. The molecule has 0 bridgehead atoms. The molecule has 0 N–H and O–H groups in total. The van der Waals surface area contributed by atoms with Crippen LogP contribution >= 0.6 is 0 Å². The van der Waals surface area contributed by atoms with Gasteiger partial charge in [-0.2, -0.15) is 0 Å². The Balaban J connectivity index is 2.20. The quantitative estimate of drug-likeness (QED) is 0.717. The second-order valence-electron chi connectivity index (χ2n) is 5.93. The van der Waals surface area contributed by atoms with E-state index < -0.39 is 0 Å². The van der Waals surface area contributed by atoms with Crippen LogP contribution in [0.15, 0.2) is 42.0 Å². The first-order valence-corrected chi connectivity index (χ1v) is 7.60. The number of ketones is 2. The summed E-state index contributed by atoms with van der Waals surface area (Å²) in [4.78, 5) is 22.9. The highest BCUT2D eigenvalue weighted by Gasteiger charge is 2.20. The van der Waals surface area contributed by atoms with E-state index in [2.05, 4.69) is 6.58 Å². The van der Waals surface area contributed by atoms with Gasteiger partial charge < -0.3 is 4.79 Å². The Morgan fingerprint density at radius 1 is 1.18 bits per heavy atom. The highest BCUT2D eigenvalue weighted by Crippen LogP contribution is 2.34. The van der Waals surface area contributed by atoms with Gasteiger partial charge in [-0.3, -0.25) is 4.79 Å². The predicted octanol–water partition coefficient (Wildman–Crippen LogP) is 4.65. The lowest BCUT2D eigenvalue weighted by Gasteiger charge is -2.21. The summed E-state index contributed by atoms with van der Waals surface area (Å²) in [5, 5.41) is 0. The SMILES string of the molecule is C=C(CCC(C)=O)CC1=C(c2ccc(F)cc2)CC(=O)CC1. The first-order chi connectivity index (χ1) is 10.5. The van der Waals surface area contributed by atoms with Crippen molar-refractivity contribution in [1.29, 1.82) is 0 Å². The molecule has 0 spiro atoms. The van der Waals surface area contributed by atoms with E-state index in [1.807, 2.05) is 0 Å². The molecule has 0 heterocycles. The van der Waals surface area contributed by atoms with Crippen molar-refractivity contribution in [2.24, 2.45) is 0 Å². The Labute approximate surface area is 130 Å². The van der Waals surface area contributed by atoms with E-state index in [9.17, 15) is 14.0 Å². The molecule has 0 atom stereocenters. The van der Waals surface area contributed by atoms with Gasteiger partial charge in [-0.25, -0.2) is 4.39 Å². The molecule has 0 saturated heterocycles. The van der Waals surface area contributed by atoms with Crippen LogP contribution in [-0.2, 0) is 9.59 Å². The maximum atomic E-state index is 13.1. The van der Waals surface area contributed by atoms with Gasteiger partial charge >= 0.3 is 0 Å². The third-order valence-electron chi connectivity index (χ3n) is 3.99. The fourth-order valence-electron chi connectivity index (χ4n) is 2.75. The normalized spacial score (nSPS) is 15.1. The summed E-state index contributed by atoms with van der Waals surface area (Å²) in [5.41, 5.74) is 4.11. The van der Waals surface area contributed by atoms with Crippen molar-refractivity contribution in [2.45, 2.75) is 45.4 Å². The van der Waals surface area contributed by atoms with Crippen LogP contribution < -0.4 is 0 Å². The molecule has 1 aromatic carbocycles. The zero-order valence-corrected chi connectivity index (χ0v) is 13.0. The Kier molecular flexibility index (Phi) is 5.42. The highest BCUT2D eigenvalue weighted by atomic mass is 19.1. The predicted molar refractivity (Wildman–Crippen MR) is 85.9 cm³/mol. The minimum Gasteiger partial charge on any atom is -0.300 e. The molecule has 1 aliphatic rings. The van der Waals surface area contributed by atoms with Gasteiger partial charge in [0.2, 0.25) is 0 Å². The van der Waals surface area contributed by atoms with E-state index in [0.29, 0.717) is 32.1 Å². The highest BCUT2D eigenvalue weighted by molar-refractivity contribution is 5.93. The van der Waals surface area contributed by atoms with Crippen LogP contribution in [0.5, 0.6) is 0 Å². The van der Waals surface area contributed by atoms with Crippen LogP contribution in [0, 0.1) is 5.82 Å². The summed E-state index contributed by atoms with van der Waals surface area (Å²) in [7, 11) is 0. The van der Waals surface area contributed by atoms with E-state index >= 15 is 0 Å². The number of halogens is 1. The van der Waals surface area contributed by atoms with E-state index in [4.69, 9.17) is 0 Å². The Morgan fingerprint density at radius 2 is 1.86 bits per heavy atom. The van der Waals surface area contributed by atoms with Gasteiger partial charge in [-0.15, -0.1) is 0 Å². The number of hydrogen-bond acceptors (Lipinski definition) is 2. The lowest BCUT2D eigenvalue weighted by atomic mass is 9.83. The number of hydrogen-bond donors (Lipinski definition) is 0. The molecule has 0 amide bonds. The topological polar surface area (TPSA) is 34.1 Å². The van der Waals surface area contributed by atoms with Crippen LogP contribution in [0.25, 0.3) is 5.57 Å². The second kappa shape index (κ2) is 7.30. The van der Waals surface area contributed by atoms with Crippen LogP contribution in [0.1, 0.15) is 51.0 Å². The fraction of sp³-hybridized carbons (Fsp3) is 0.368. The first-order valence-electron chi connectivity index (χ1n) is 7.60. The standard InChI is InChI=1S/C19H21FO2/c1-13(3-4-14(2)21)11-16-7-10-18(22)12-19(16)15-5-8-17(20)9-6-15/h5-6,8-9H,1,3-4,7,10-12H2,2H3. The number of carbonyl (C=O) groups excluding carboxylic acids is 2. The van der Waals surface area contributed by atoms with Gasteiger partial charge in [0, 0.05) is 19.3 Å². The summed E-state index contributed by atoms with van der Waals surface area (Å²) in [5.74, 6) is 0.101. The van der Waals surface area contributed by atoms with Crippen LogP contribution in [0.4, 0.5) is 4.39 Å². The van der Waals surface area contributed by atoms with Crippen molar-refractivity contribution in [3.63, 3.8) is 0 Å². The lowest BCUT2D eigenvalue weighted by molar-refractivity contribution is -0.118. The fourth-order valence-corrected chi connectivity index (χ4v) is 2.75. The molecule has 0 aliphatic heterocycles. The molecular weight excluding hydrogens is 279 g/mol. The van der Waals surface area contributed by atoms with Gasteiger partial charge in [0.25, 0.3) is 0 Å². The minimum atomic E-state index is -0.279. The molecule has 0 aromatic heterocycles. The van der Waals surface area contributed by atoms with E-state index in [0.717, 1.165) is 23.1 Å². The number of carbonyl (C=O) groups is 2. The van der Waals surface area contributed by atoms with E-state index in [-0.39, 0.29) is 17.4 Å². The van der Waals surface area contributed by atoms with Gasteiger partial charge in [0.05, 0.1) is 0 Å². The third kappa shape index (κ3) is 4.48. The summed E-state index contributed by atoms with van der Waals surface area (Å²) in [6.45, 7) is 5.63. The Hall–Kier alpha value is -2.03. The Morgan fingerprint density at radius 3 is 2.50 bits per heavy atom. The summed E-state index contributed by atoms with van der Waals surface area (Å²) >= 11 is 0. The molecule has 1 aromatic rings. The molecule has 0 radical (unpaired) electrons. The number of Topliss-reactive ketones (excluding diaryl/α,β-unsaturated/α-hetero) is 2. The lowest BCUT2D eigenvalue weighted by Crippen LogP contribution is -2.10. The maximum Gasteiger partial charge on any atom is 0.137 e. The zero-order chi connectivity index (χ0) is 16.1. The smallest absolute Gasteiger partial charge is 0.137 e. The van der Waals surface area contributed by atoms with E-state index in [1.54, 1.807) is 19.1 Å². The number of rotatable bonds is 6. The van der Waals surface area contributed by atoms with Crippen LogP contribution in [0.2, 0.25) is 0 Å². The van der Waals surface area contributed by atoms with Gasteiger partial charge in [0.15, 0.2) is 0 Å². The molecule has 0 fully saturated rings. The van der Waals surface area contributed by atoms with E-state index in [1.165, 1.54) is 17.7 Å². The number of allylic oxidation sites excluding steroid dienone is 3. The average Bonchev–Trinajstić information content (AvgIpc) is 2.48. The van der Waals surface area contributed by atoms with Crippen molar-refractivity contribution in [3.05, 3.63) is 53.4 Å². The molecule has 2 nitrogen and oxygen atoms in total. The van der Waals surface area contributed by atoms with Crippen molar-refractivity contribution in [3.8, 4) is 0 Å². The van der Waals surface area contributed by atoms with Crippen molar-refractivity contribution in [1.82, 2.24) is 0 Å². The van der Waals surface area contributed by atoms with Crippen molar-refractivity contribution < 1.29 is 14.0 Å². The maximum absolute atomic E-state index is 13.1. The average molecular weight is 300 g/mol. The van der Waals surface area contributed by atoms with Crippen molar-refractivity contribution in [2.75, 3.05) is 0 Å². The largest absolute Gasteiger partial charge is 0.300 e. The molecule has 3 heteroatoms. The summed E-state index contributed by atoms with van der Waals surface area (Å²) in [6, 6.07) is 6.29. The summed E-state index contributed by atoms with van der Waals surface area (Å²) in [6.07, 6.45) is 3.60. The van der Waals surface area contributed by atoms with Gasteiger partial charge in [0.1, 0.15) is 17.4 Å². The molecule has 22 heavy (non-hydrogen) atoms. The molecule has 2 rings (SSSR count). The molecule has 1 aliphatic carbocycles. The second-order valence-corrected chi connectivity index (χ2v) is 5.93. The molecule has 0 unspecified atom stereocenters. The van der Waals surface area contributed by atoms with Crippen LogP contribution in [0.3, 0.4) is 0 Å². The first kappa shape index (κ1) is 16.3. The summed E-state index contributed by atoms with van der Waals surface area (Å²) < 4.78 is 13.1. The monoisotopic (exact) mass is 300 g/mol. The van der Waals surface area contributed by atoms with Crippen LogP contribution in [-0.4, -0.2) is 11.6 Å². The van der Waals surface area contributed by atoms with Crippen molar-refractivity contribution >= 4 is 17.1 Å². The van der Waals surface area contributed by atoms with Gasteiger partial charge in [-0.1, -0.05) is 29.9 Å². The minimum absolute atomic E-state index is 0.160. The van der Waals surface area contributed by atoms with Gasteiger partial charge in [-0.05, 0) is 49.5 Å². The molecule has 116 valence electrons.